The van der Waals surface area contributed by atoms with E-state index in [1.54, 1.807) is 0 Å². The molecule has 3 aromatic rings. The zero-order valence-corrected chi connectivity index (χ0v) is 14.6. The van der Waals surface area contributed by atoms with Crippen LogP contribution in [0.1, 0.15) is 5.56 Å². The van der Waals surface area contributed by atoms with E-state index in [-0.39, 0.29) is 0 Å². The highest BCUT2D eigenvalue weighted by atomic mass is 35.5. The predicted octanol–water partition coefficient (Wildman–Crippen LogP) is 3.48. The van der Waals surface area contributed by atoms with E-state index in [0.717, 1.165) is 43.4 Å². The third-order valence-corrected chi connectivity index (χ3v) is 4.56. The number of morpholine rings is 1. The van der Waals surface area contributed by atoms with Gasteiger partial charge in [0.1, 0.15) is 5.69 Å². The fourth-order valence-electron chi connectivity index (χ4n) is 3.05. The molecule has 1 aliphatic rings. The number of hydrogen-bond acceptors (Lipinski definition) is 4. The second kappa shape index (κ2) is 7.25. The Morgan fingerprint density at radius 3 is 2.40 bits per heavy atom. The van der Waals surface area contributed by atoms with Crippen LogP contribution in [0.2, 0.25) is 5.02 Å². The minimum absolute atomic E-state index is 0.689. The minimum atomic E-state index is 0.689. The molecule has 0 aliphatic carbocycles. The molecule has 0 saturated carbocycles. The van der Waals surface area contributed by atoms with Crippen LogP contribution < -0.4 is 4.90 Å². The van der Waals surface area contributed by atoms with Crippen LogP contribution in [0.5, 0.6) is 0 Å². The van der Waals surface area contributed by atoms with Crippen molar-refractivity contribution in [3.8, 4) is 11.3 Å². The first-order valence-corrected chi connectivity index (χ1v) is 8.75. The summed E-state index contributed by atoms with van der Waals surface area (Å²) in [5, 5.41) is 9.63. The summed E-state index contributed by atoms with van der Waals surface area (Å²) in [6.45, 7) is 3.80. The van der Waals surface area contributed by atoms with Gasteiger partial charge in [-0.3, -0.25) is 0 Å². The van der Waals surface area contributed by atoms with E-state index in [2.05, 4.69) is 27.3 Å². The Balaban J connectivity index is 1.74. The molecule has 0 N–H and O–H groups in total. The summed E-state index contributed by atoms with van der Waals surface area (Å²) in [5.41, 5.74) is 3.10. The lowest BCUT2D eigenvalue weighted by molar-refractivity contribution is 0.122. The summed E-state index contributed by atoms with van der Waals surface area (Å²) in [6, 6.07) is 18.1. The fraction of sp³-hybridized carbons (Fsp3) is 0.263. The molecule has 1 aliphatic heterocycles. The van der Waals surface area contributed by atoms with Gasteiger partial charge in [-0.05, 0) is 17.7 Å². The van der Waals surface area contributed by atoms with E-state index in [4.69, 9.17) is 16.3 Å². The summed E-state index contributed by atoms with van der Waals surface area (Å²) in [4.78, 5) is 2.30. The highest BCUT2D eigenvalue weighted by Crippen LogP contribution is 2.30. The van der Waals surface area contributed by atoms with Gasteiger partial charge in [0, 0.05) is 23.7 Å². The van der Waals surface area contributed by atoms with Gasteiger partial charge in [-0.1, -0.05) is 59.3 Å². The van der Waals surface area contributed by atoms with Crippen LogP contribution in [0.25, 0.3) is 11.3 Å². The van der Waals surface area contributed by atoms with Crippen LogP contribution in [-0.2, 0) is 11.3 Å². The molecule has 128 valence electrons. The maximum atomic E-state index is 6.03. The second-order valence-corrected chi connectivity index (χ2v) is 6.45. The molecule has 1 aromatic heterocycles. The SMILES string of the molecule is Clc1ccc(-c2nnn(Cc3ccccc3)c2N2CCOCC2)cc1. The number of anilines is 1. The number of benzene rings is 2. The van der Waals surface area contributed by atoms with Gasteiger partial charge < -0.3 is 9.64 Å². The zero-order chi connectivity index (χ0) is 17.1. The van der Waals surface area contributed by atoms with Crippen molar-refractivity contribution in [3.05, 3.63) is 65.2 Å². The Labute approximate surface area is 151 Å². The van der Waals surface area contributed by atoms with Gasteiger partial charge in [0.15, 0.2) is 5.82 Å². The summed E-state index contributed by atoms with van der Waals surface area (Å²) >= 11 is 6.03. The molecule has 2 aromatic carbocycles. The molecule has 0 amide bonds. The van der Waals surface area contributed by atoms with Gasteiger partial charge in [-0.15, -0.1) is 5.10 Å². The van der Waals surface area contributed by atoms with Gasteiger partial charge in [-0.25, -0.2) is 4.68 Å². The van der Waals surface area contributed by atoms with Gasteiger partial charge in [0.05, 0.1) is 19.8 Å². The topological polar surface area (TPSA) is 43.2 Å². The number of nitrogens with zero attached hydrogens (tertiary/aromatic N) is 4. The molecule has 2 heterocycles. The number of rotatable bonds is 4. The van der Waals surface area contributed by atoms with Gasteiger partial charge in [0.2, 0.25) is 0 Å². The zero-order valence-electron chi connectivity index (χ0n) is 13.8. The quantitative estimate of drug-likeness (QED) is 0.719. The maximum Gasteiger partial charge on any atom is 0.156 e. The monoisotopic (exact) mass is 354 g/mol. The third-order valence-electron chi connectivity index (χ3n) is 4.31. The lowest BCUT2D eigenvalue weighted by Gasteiger charge is -2.29. The molecule has 0 spiro atoms. The first kappa shape index (κ1) is 16.1. The van der Waals surface area contributed by atoms with Crippen LogP contribution >= 0.6 is 11.6 Å². The van der Waals surface area contributed by atoms with Gasteiger partial charge in [0.25, 0.3) is 0 Å². The van der Waals surface area contributed by atoms with Crippen molar-refractivity contribution in [1.29, 1.82) is 0 Å². The smallest absolute Gasteiger partial charge is 0.156 e. The molecule has 25 heavy (non-hydrogen) atoms. The summed E-state index contributed by atoms with van der Waals surface area (Å²) < 4.78 is 7.48. The molecular weight excluding hydrogens is 336 g/mol. The van der Waals surface area contributed by atoms with Crippen molar-refractivity contribution < 1.29 is 4.74 Å². The average Bonchev–Trinajstić information content (AvgIpc) is 3.07. The highest BCUT2D eigenvalue weighted by Gasteiger charge is 2.22. The number of hydrogen-bond donors (Lipinski definition) is 0. The molecule has 0 atom stereocenters. The average molecular weight is 355 g/mol. The van der Waals surface area contributed by atoms with Crippen molar-refractivity contribution >= 4 is 17.4 Å². The van der Waals surface area contributed by atoms with Crippen LogP contribution in [0, 0.1) is 0 Å². The van der Waals surface area contributed by atoms with Crippen molar-refractivity contribution in [1.82, 2.24) is 15.0 Å². The van der Waals surface area contributed by atoms with E-state index in [1.165, 1.54) is 5.56 Å². The molecule has 0 unspecified atom stereocenters. The molecule has 6 heteroatoms. The molecule has 4 rings (SSSR count). The van der Waals surface area contributed by atoms with Crippen LogP contribution in [0.3, 0.4) is 0 Å². The molecule has 0 bridgehead atoms. The van der Waals surface area contributed by atoms with Crippen molar-refractivity contribution in [3.63, 3.8) is 0 Å². The largest absolute Gasteiger partial charge is 0.378 e. The van der Waals surface area contributed by atoms with E-state index in [1.807, 2.05) is 47.1 Å². The van der Waals surface area contributed by atoms with E-state index in [9.17, 15) is 0 Å². The fourth-order valence-corrected chi connectivity index (χ4v) is 3.18. The molecule has 1 saturated heterocycles. The van der Waals surface area contributed by atoms with E-state index >= 15 is 0 Å². The number of aromatic nitrogens is 3. The predicted molar refractivity (Wildman–Crippen MR) is 99.0 cm³/mol. The summed E-state index contributed by atoms with van der Waals surface area (Å²) in [6.07, 6.45) is 0. The Morgan fingerprint density at radius 1 is 0.960 bits per heavy atom. The first-order valence-electron chi connectivity index (χ1n) is 8.37. The minimum Gasteiger partial charge on any atom is -0.378 e. The molecule has 1 fully saturated rings. The van der Waals surface area contributed by atoms with Crippen LogP contribution in [-0.4, -0.2) is 41.3 Å². The van der Waals surface area contributed by atoms with Crippen molar-refractivity contribution in [2.45, 2.75) is 6.54 Å². The standard InChI is InChI=1S/C19H19ClN4O/c20-17-8-6-16(7-9-17)18-19(23-10-12-25-13-11-23)24(22-21-18)14-15-4-2-1-3-5-15/h1-9H,10-14H2. The van der Waals surface area contributed by atoms with Crippen LogP contribution in [0.4, 0.5) is 5.82 Å². The number of ether oxygens (including phenoxy) is 1. The Bertz CT molecular complexity index is 826. The van der Waals surface area contributed by atoms with Crippen LogP contribution in [0.15, 0.2) is 54.6 Å². The lowest BCUT2D eigenvalue weighted by atomic mass is 10.1. The van der Waals surface area contributed by atoms with Gasteiger partial charge in [-0.2, -0.15) is 0 Å². The highest BCUT2D eigenvalue weighted by molar-refractivity contribution is 6.30. The first-order chi connectivity index (χ1) is 12.3. The summed E-state index contributed by atoms with van der Waals surface area (Å²) in [5.74, 6) is 1.04. The molecular formula is C19H19ClN4O. The third kappa shape index (κ3) is 3.52. The van der Waals surface area contributed by atoms with Crippen molar-refractivity contribution in [2.75, 3.05) is 31.2 Å². The number of halogens is 1. The Morgan fingerprint density at radius 2 is 1.68 bits per heavy atom. The molecule has 5 nitrogen and oxygen atoms in total. The summed E-state index contributed by atoms with van der Waals surface area (Å²) in [7, 11) is 0. The maximum absolute atomic E-state index is 6.03. The van der Waals surface area contributed by atoms with Crippen molar-refractivity contribution in [2.24, 2.45) is 0 Å². The Kier molecular flexibility index (Phi) is 4.68. The Hall–Kier alpha value is -2.37. The normalized spacial score (nSPS) is 14.7. The molecule has 0 radical (unpaired) electrons. The second-order valence-electron chi connectivity index (χ2n) is 6.01. The van der Waals surface area contributed by atoms with E-state index in [0.29, 0.717) is 11.6 Å². The van der Waals surface area contributed by atoms with E-state index < -0.39 is 0 Å². The van der Waals surface area contributed by atoms with Gasteiger partial charge >= 0.3 is 0 Å². The lowest BCUT2D eigenvalue weighted by Crippen LogP contribution is -2.38.